The standard InChI is InChI=1S/C50H33N/c1-3-14-34(15-4-1)37-16-13-17-39(32-37)50-44-23-9-7-21-42(44)49(43-22-8-10-24-45(43)50)36-28-26-35(27-29-36)38-30-31-48-46(33-38)41-20-11-12-25-47(41)51(48)40-18-5-2-6-19-40/h1-33H. The molecule has 1 aromatic heterocycles. The smallest absolute Gasteiger partial charge is 0.0541 e. The molecule has 10 aromatic rings. The number of benzene rings is 9. The number of rotatable bonds is 5. The molecule has 51 heavy (non-hydrogen) atoms. The maximum atomic E-state index is 2.37. The van der Waals surface area contributed by atoms with Crippen LogP contribution >= 0.6 is 0 Å². The zero-order valence-electron chi connectivity index (χ0n) is 28.0. The van der Waals surface area contributed by atoms with Crippen molar-refractivity contribution < 1.29 is 0 Å². The third kappa shape index (κ3) is 4.86. The zero-order valence-corrected chi connectivity index (χ0v) is 28.0. The second-order valence-corrected chi connectivity index (χ2v) is 13.3. The van der Waals surface area contributed by atoms with E-state index in [0.29, 0.717) is 0 Å². The lowest BCUT2D eigenvalue weighted by Gasteiger charge is -2.18. The summed E-state index contributed by atoms with van der Waals surface area (Å²) in [6.07, 6.45) is 0. The van der Waals surface area contributed by atoms with Crippen LogP contribution in [0.5, 0.6) is 0 Å². The average Bonchev–Trinajstić information content (AvgIpc) is 3.54. The van der Waals surface area contributed by atoms with E-state index in [1.54, 1.807) is 0 Å². The lowest BCUT2D eigenvalue weighted by molar-refractivity contribution is 1.18. The first kappa shape index (κ1) is 29.2. The summed E-state index contributed by atoms with van der Waals surface area (Å²) in [6.45, 7) is 0. The van der Waals surface area contributed by atoms with E-state index in [9.17, 15) is 0 Å². The van der Waals surface area contributed by atoms with Gasteiger partial charge in [0.2, 0.25) is 0 Å². The van der Waals surface area contributed by atoms with Gasteiger partial charge in [-0.2, -0.15) is 0 Å². The van der Waals surface area contributed by atoms with Crippen molar-refractivity contribution in [1.82, 2.24) is 4.57 Å². The normalized spacial score (nSPS) is 11.5. The fourth-order valence-corrected chi connectivity index (χ4v) is 8.07. The maximum Gasteiger partial charge on any atom is 0.0541 e. The summed E-state index contributed by atoms with van der Waals surface area (Å²) in [5.41, 5.74) is 13.5. The molecule has 1 heterocycles. The minimum Gasteiger partial charge on any atom is -0.309 e. The lowest BCUT2D eigenvalue weighted by Crippen LogP contribution is -1.92. The quantitative estimate of drug-likeness (QED) is 0.164. The van der Waals surface area contributed by atoms with Gasteiger partial charge in [-0.05, 0) is 102 Å². The van der Waals surface area contributed by atoms with Crippen molar-refractivity contribution in [2.24, 2.45) is 0 Å². The Morgan fingerprint density at radius 3 is 1.33 bits per heavy atom. The summed E-state index contributed by atoms with van der Waals surface area (Å²) < 4.78 is 2.37. The Bertz CT molecular complexity index is 2820. The first-order chi connectivity index (χ1) is 25.3. The van der Waals surface area contributed by atoms with Crippen molar-refractivity contribution in [2.75, 3.05) is 0 Å². The molecule has 9 aromatic carbocycles. The van der Waals surface area contributed by atoms with Crippen LogP contribution in [0.1, 0.15) is 0 Å². The Morgan fingerprint density at radius 2 is 0.667 bits per heavy atom. The highest BCUT2D eigenvalue weighted by molar-refractivity contribution is 6.21. The molecule has 10 rings (SSSR count). The first-order valence-corrected chi connectivity index (χ1v) is 17.6. The summed E-state index contributed by atoms with van der Waals surface area (Å²) in [6, 6.07) is 72.9. The van der Waals surface area contributed by atoms with Crippen molar-refractivity contribution in [2.45, 2.75) is 0 Å². The zero-order chi connectivity index (χ0) is 33.7. The molecule has 238 valence electrons. The maximum absolute atomic E-state index is 2.37. The molecule has 0 aliphatic heterocycles. The molecule has 0 saturated heterocycles. The molecule has 0 atom stereocenters. The number of aromatic nitrogens is 1. The van der Waals surface area contributed by atoms with Crippen LogP contribution in [0.25, 0.3) is 93.5 Å². The molecule has 0 radical (unpaired) electrons. The number of fused-ring (bicyclic) bond motifs is 5. The van der Waals surface area contributed by atoms with Crippen molar-refractivity contribution >= 4 is 43.4 Å². The topological polar surface area (TPSA) is 4.93 Å². The monoisotopic (exact) mass is 647 g/mol. The Morgan fingerprint density at radius 1 is 0.235 bits per heavy atom. The molecular formula is C50H33N. The molecule has 0 spiro atoms. The molecule has 0 saturated carbocycles. The molecule has 0 aliphatic carbocycles. The molecular weight excluding hydrogens is 615 g/mol. The van der Waals surface area contributed by atoms with E-state index < -0.39 is 0 Å². The number of para-hydroxylation sites is 2. The van der Waals surface area contributed by atoms with Gasteiger partial charge in [-0.1, -0.05) is 164 Å². The van der Waals surface area contributed by atoms with E-state index in [1.165, 1.54) is 93.5 Å². The highest BCUT2D eigenvalue weighted by atomic mass is 15.0. The Kier molecular flexibility index (Phi) is 6.89. The highest BCUT2D eigenvalue weighted by Gasteiger charge is 2.18. The lowest BCUT2D eigenvalue weighted by atomic mass is 9.85. The Balaban J connectivity index is 1.11. The summed E-state index contributed by atoms with van der Waals surface area (Å²) >= 11 is 0. The van der Waals surface area contributed by atoms with E-state index in [2.05, 4.69) is 205 Å². The summed E-state index contributed by atoms with van der Waals surface area (Å²) in [5.74, 6) is 0. The van der Waals surface area contributed by atoms with Gasteiger partial charge >= 0.3 is 0 Å². The third-order valence-corrected chi connectivity index (χ3v) is 10.4. The fraction of sp³-hybridized carbons (Fsp3) is 0. The summed E-state index contributed by atoms with van der Waals surface area (Å²) in [7, 11) is 0. The van der Waals surface area contributed by atoms with Gasteiger partial charge in [-0.15, -0.1) is 0 Å². The minimum atomic E-state index is 1.18. The minimum absolute atomic E-state index is 1.18. The molecule has 1 heteroatoms. The van der Waals surface area contributed by atoms with Gasteiger partial charge in [0.1, 0.15) is 0 Å². The highest BCUT2D eigenvalue weighted by Crippen LogP contribution is 2.44. The Labute approximate surface area is 297 Å². The van der Waals surface area contributed by atoms with Crippen LogP contribution in [0.4, 0.5) is 0 Å². The molecule has 0 amide bonds. The van der Waals surface area contributed by atoms with E-state index in [1.807, 2.05) is 0 Å². The van der Waals surface area contributed by atoms with Crippen LogP contribution in [-0.4, -0.2) is 4.57 Å². The van der Waals surface area contributed by atoms with E-state index in [-0.39, 0.29) is 0 Å². The molecule has 0 aliphatic rings. The summed E-state index contributed by atoms with van der Waals surface area (Å²) in [4.78, 5) is 0. The summed E-state index contributed by atoms with van der Waals surface area (Å²) in [5, 5.41) is 7.59. The Hall–Kier alpha value is -6.70. The van der Waals surface area contributed by atoms with E-state index in [4.69, 9.17) is 0 Å². The number of hydrogen-bond donors (Lipinski definition) is 0. The van der Waals surface area contributed by atoms with Gasteiger partial charge in [0.25, 0.3) is 0 Å². The number of nitrogens with zero attached hydrogens (tertiary/aromatic N) is 1. The van der Waals surface area contributed by atoms with Gasteiger partial charge in [-0.25, -0.2) is 0 Å². The third-order valence-electron chi connectivity index (χ3n) is 10.4. The fourth-order valence-electron chi connectivity index (χ4n) is 8.07. The van der Waals surface area contributed by atoms with Crippen LogP contribution in [0.15, 0.2) is 200 Å². The number of hydrogen-bond acceptors (Lipinski definition) is 0. The van der Waals surface area contributed by atoms with Crippen molar-refractivity contribution in [3.63, 3.8) is 0 Å². The van der Waals surface area contributed by atoms with Crippen LogP contribution in [-0.2, 0) is 0 Å². The molecule has 0 unspecified atom stereocenters. The second kappa shape index (κ2) is 12.0. The van der Waals surface area contributed by atoms with E-state index >= 15 is 0 Å². The molecule has 0 bridgehead atoms. The van der Waals surface area contributed by atoms with Crippen LogP contribution < -0.4 is 0 Å². The first-order valence-electron chi connectivity index (χ1n) is 17.6. The molecule has 0 N–H and O–H groups in total. The van der Waals surface area contributed by atoms with Gasteiger partial charge in [0, 0.05) is 16.5 Å². The van der Waals surface area contributed by atoms with Crippen molar-refractivity contribution in [3.8, 4) is 50.2 Å². The van der Waals surface area contributed by atoms with Gasteiger partial charge in [-0.3, -0.25) is 0 Å². The van der Waals surface area contributed by atoms with Crippen LogP contribution in [0.3, 0.4) is 0 Å². The predicted molar refractivity (Wildman–Crippen MR) is 218 cm³/mol. The van der Waals surface area contributed by atoms with E-state index in [0.717, 1.165) is 0 Å². The van der Waals surface area contributed by atoms with Crippen LogP contribution in [0, 0.1) is 0 Å². The largest absolute Gasteiger partial charge is 0.309 e. The second-order valence-electron chi connectivity index (χ2n) is 13.3. The van der Waals surface area contributed by atoms with Gasteiger partial charge in [0.15, 0.2) is 0 Å². The predicted octanol–water partition coefficient (Wildman–Crippen LogP) is 13.8. The average molecular weight is 648 g/mol. The van der Waals surface area contributed by atoms with Gasteiger partial charge < -0.3 is 4.57 Å². The molecule has 1 nitrogen and oxygen atoms in total. The molecule has 0 fully saturated rings. The van der Waals surface area contributed by atoms with Crippen molar-refractivity contribution in [1.29, 1.82) is 0 Å². The van der Waals surface area contributed by atoms with Crippen molar-refractivity contribution in [3.05, 3.63) is 200 Å². The van der Waals surface area contributed by atoms with Gasteiger partial charge in [0.05, 0.1) is 11.0 Å². The SMILES string of the molecule is c1ccc(-c2cccc(-c3c4ccccc4c(-c4ccc(-c5ccc6c(c5)c5ccccc5n6-c5ccccc5)cc4)c4ccccc34)c2)cc1. The van der Waals surface area contributed by atoms with Crippen LogP contribution in [0.2, 0.25) is 0 Å².